The Bertz CT molecular complexity index is 486. The van der Waals surface area contributed by atoms with Crippen molar-refractivity contribution in [1.82, 2.24) is 4.90 Å². The van der Waals surface area contributed by atoms with Crippen LogP contribution >= 0.6 is 0 Å². The number of nitrogens with zero attached hydrogens (tertiary/aromatic N) is 1. The summed E-state index contributed by atoms with van der Waals surface area (Å²) < 4.78 is 5.09. The molecule has 1 unspecified atom stereocenters. The van der Waals surface area contributed by atoms with Gasteiger partial charge in [0.2, 0.25) is 0 Å². The van der Waals surface area contributed by atoms with E-state index in [1.807, 2.05) is 0 Å². The van der Waals surface area contributed by atoms with Crippen molar-refractivity contribution in [3.63, 3.8) is 0 Å². The second-order valence-electron chi connectivity index (χ2n) is 4.71. The summed E-state index contributed by atoms with van der Waals surface area (Å²) in [6.45, 7) is 1.91. The van der Waals surface area contributed by atoms with E-state index < -0.39 is 5.97 Å². The average molecular weight is 263 g/mol. The SMILES string of the molecule is COCC1CCN(C(=O)c2ccccc2C(=O)O)C1. The van der Waals surface area contributed by atoms with Crippen LogP contribution in [-0.4, -0.2) is 48.7 Å². The molecule has 0 bridgehead atoms. The average Bonchev–Trinajstić information content (AvgIpc) is 2.87. The Morgan fingerprint density at radius 1 is 1.37 bits per heavy atom. The predicted octanol–water partition coefficient (Wildman–Crippen LogP) is 1.49. The van der Waals surface area contributed by atoms with Crippen LogP contribution in [0.4, 0.5) is 0 Å². The van der Waals surface area contributed by atoms with Gasteiger partial charge in [0.1, 0.15) is 0 Å². The van der Waals surface area contributed by atoms with Gasteiger partial charge in [0, 0.05) is 26.1 Å². The summed E-state index contributed by atoms with van der Waals surface area (Å²) in [4.78, 5) is 25.2. The first-order valence-corrected chi connectivity index (χ1v) is 6.24. The number of ether oxygens (including phenoxy) is 1. The van der Waals surface area contributed by atoms with Gasteiger partial charge in [-0.25, -0.2) is 4.79 Å². The maximum Gasteiger partial charge on any atom is 0.336 e. The summed E-state index contributed by atoms with van der Waals surface area (Å²) >= 11 is 0. The fraction of sp³-hybridized carbons (Fsp3) is 0.429. The standard InChI is InChI=1S/C14H17NO4/c1-19-9-10-6-7-15(8-10)13(16)11-4-2-3-5-12(11)14(17)18/h2-5,10H,6-9H2,1H3,(H,17,18). The molecule has 1 heterocycles. The fourth-order valence-corrected chi connectivity index (χ4v) is 2.42. The predicted molar refractivity (Wildman–Crippen MR) is 69.3 cm³/mol. The summed E-state index contributed by atoms with van der Waals surface area (Å²) in [7, 11) is 1.64. The molecule has 102 valence electrons. The summed E-state index contributed by atoms with van der Waals surface area (Å²) in [5.74, 6) is -0.945. The Balaban J connectivity index is 2.15. The van der Waals surface area contributed by atoms with E-state index in [0.29, 0.717) is 25.6 Å². The van der Waals surface area contributed by atoms with Crippen molar-refractivity contribution in [3.8, 4) is 0 Å². The van der Waals surface area contributed by atoms with Gasteiger partial charge in [-0.05, 0) is 18.6 Å². The second kappa shape index (κ2) is 5.84. The number of carbonyl (C=O) groups is 2. The van der Waals surface area contributed by atoms with Crippen molar-refractivity contribution in [2.24, 2.45) is 5.92 Å². The molecule has 1 fully saturated rings. The Kier molecular flexibility index (Phi) is 4.16. The maximum absolute atomic E-state index is 12.3. The first-order valence-electron chi connectivity index (χ1n) is 6.24. The molecule has 0 aliphatic carbocycles. The largest absolute Gasteiger partial charge is 0.478 e. The van der Waals surface area contributed by atoms with Crippen molar-refractivity contribution in [1.29, 1.82) is 0 Å². The number of likely N-dealkylation sites (tertiary alicyclic amines) is 1. The van der Waals surface area contributed by atoms with Crippen LogP contribution in [0.5, 0.6) is 0 Å². The van der Waals surface area contributed by atoms with Gasteiger partial charge in [0.05, 0.1) is 17.7 Å². The Morgan fingerprint density at radius 2 is 2.05 bits per heavy atom. The third-order valence-corrected chi connectivity index (χ3v) is 3.36. The highest BCUT2D eigenvalue weighted by molar-refractivity contribution is 6.04. The molecule has 1 N–H and O–H groups in total. The Morgan fingerprint density at radius 3 is 2.68 bits per heavy atom. The lowest BCUT2D eigenvalue weighted by Crippen LogP contribution is -2.30. The highest BCUT2D eigenvalue weighted by Gasteiger charge is 2.28. The van der Waals surface area contributed by atoms with Gasteiger partial charge < -0.3 is 14.7 Å². The minimum Gasteiger partial charge on any atom is -0.478 e. The van der Waals surface area contributed by atoms with E-state index in [1.165, 1.54) is 6.07 Å². The fourth-order valence-electron chi connectivity index (χ4n) is 2.42. The molecule has 0 radical (unpaired) electrons. The summed E-state index contributed by atoms with van der Waals surface area (Å²) in [5, 5.41) is 9.10. The molecule has 5 nitrogen and oxygen atoms in total. The minimum absolute atomic E-state index is 0.0580. The molecule has 1 aromatic rings. The van der Waals surface area contributed by atoms with Gasteiger partial charge in [-0.1, -0.05) is 12.1 Å². The number of amides is 1. The van der Waals surface area contributed by atoms with Gasteiger partial charge in [0.25, 0.3) is 5.91 Å². The Labute approximate surface area is 111 Å². The number of hydrogen-bond donors (Lipinski definition) is 1. The van der Waals surface area contributed by atoms with Gasteiger partial charge in [-0.2, -0.15) is 0 Å². The number of hydrogen-bond acceptors (Lipinski definition) is 3. The smallest absolute Gasteiger partial charge is 0.336 e. The third kappa shape index (κ3) is 2.93. The van der Waals surface area contributed by atoms with Crippen molar-refractivity contribution in [2.45, 2.75) is 6.42 Å². The zero-order valence-electron chi connectivity index (χ0n) is 10.8. The van der Waals surface area contributed by atoms with E-state index >= 15 is 0 Å². The number of carbonyl (C=O) groups excluding carboxylic acids is 1. The van der Waals surface area contributed by atoms with E-state index in [-0.39, 0.29) is 17.0 Å². The molecule has 5 heteroatoms. The second-order valence-corrected chi connectivity index (χ2v) is 4.71. The molecule has 1 saturated heterocycles. The normalized spacial score (nSPS) is 18.6. The number of methoxy groups -OCH3 is 1. The van der Waals surface area contributed by atoms with Crippen LogP contribution in [0.15, 0.2) is 24.3 Å². The summed E-state index contributed by atoms with van der Waals surface area (Å²) in [6, 6.07) is 6.33. The highest BCUT2D eigenvalue weighted by Crippen LogP contribution is 2.20. The number of aromatic carboxylic acids is 1. The molecule has 0 aromatic heterocycles. The molecule has 1 amide bonds. The first-order chi connectivity index (χ1) is 9.13. The molecule has 0 spiro atoms. The van der Waals surface area contributed by atoms with E-state index in [0.717, 1.165) is 6.42 Å². The number of benzene rings is 1. The summed E-state index contributed by atoms with van der Waals surface area (Å²) in [5.41, 5.74) is 0.316. The molecular weight excluding hydrogens is 246 g/mol. The van der Waals surface area contributed by atoms with Crippen molar-refractivity contribution < 1.29 is 19.4 Å². The van der Waals surface area contributed by atoms with Crippen LogP contribution in [0.3, 0.4) is 0 Å². The quantitative estimate of drug-likeness (QED) is 0.893. The van der Waals surface area contributed by atoms with Crippen molar-refractivity contribution in [3.05, 3.63) is 35.4 Å². The van der Waals surface area contributed by atoms with Crippen LogP contribution in [0.1, 0.15) is 27.1 Å². The zero-order chi connectivity index (χ0) is 13.8. The van der Waals surface area contributed by atoms with Gasteiger partial charge in [0.15, 0.2) is 0 Å². The van der Waals surface area contributed by atoms with Crippen LogP contribution in [0.25, 0.3) is 0 Å². The number of rotatable bonds is 4. The lowest BCUT2D eigenvalue weighted by molar-refractivity contribution is 0.0679. The lowest BCUT2D eigenvalue weighted by atomic mass is 10.1. The molecule has 1 atom stereocenters. The van der Waals surface area contributed by atoms with Crippen molar-refractivity contribution in [2.75, 3.05) is 26.8 Å². The molecule has 2 rings (SSSR count). The molecule has 1 aromatic carbocycles. The zero-order valence-corrected chi connectivity index (χ0v) is 10.8. The first kappa shape index (κ1) is 13.5. The van der Waals surface area contributed by atoms with Gasteiger partial charge in [-0.15, -0.1) is 0 Å². The maximum atomic E-state index is 12.3. The third-order valence-electron chi connectivity index (χ3n) is 3.36. The van der Waals surface area contributed by atoms with Crippen LogP contribution in [-0.2, 0) is 4.74 Å². The number of carboxylic acids is 1. The van der Waals surface area contributed by atoms with E-state index in [1.54, 1.807) is 30.2 Å². The molecular formula is C14H17NO4. The molecule has 1 aliphatic rings. The van der Waals surface area contributed by atoms with Crippen LogP contribution in [0, 0.1) is 5.92 Å². The Hall–Kier alpha value is -1.88. The van der Waals surface area contributed by atoms with Crippen LogP contribution < -0.4 is 0 Å². The van der Waals surface area contributed by atoms with E-state index in [4.69, 9.17) is 9.84 Å². The molecule has 1 aliphatic heterocycles. The van der Waals surface area contributed by atoms with Gasteiger partial charge in [-0.3, -0.25) is 4.79 Å². The molecule has 0 saturated carbocycles. The lowest BCUT2D eigenvalue weighted by Gasteiger charge is -2.17. The number of carboxylic acid groups (broad SMARTS) is 1. The van der Waals surface area contributed by atoms with E-state index in [2.05, 4.69) is 0 Å². The highest BCUT2D eigenvalue weighted by atomic mass is 16.5. The van der Waals surface area contributed by atoms with E-state index in [9.17, 15) is 9.59 Å². The molecule has 19 heavy (non-hydrogen) atoms. The summed E-state index contributed by atoms with van der Waals surface area (Å²) in [6.07, 6.45) is 0.898. The van der Waals surface area contributed by atoms with Crippen molar-refractivity contribution >= 4 is 11.9 Å². The van der Waals surface area contributed by atoms with Gasteiger partial charge >= 0.3 is 5.97 Å². The topological polar surface area (TPSA) is 66.8 Å². The monoisotopic (exact) mass is 263 g/mol. The van der Waals surface area contributed by atoms with Crippen LogP contribution in [0.2, 0.25) is 0 Å². The minimum atomic E-state index is -1.07.